The van der Waals surface area contributed by atoms with Gasteiger partial charge >= 0.3 is 0 Å². The van der Waals surface area contributed by atoms with Crippen molar-refractivity contribution in [1.82, 2.24) is 9.97 Å². The molecule has 0 amide bonds. The standard InChI is InChI=1S/C14H26N4O/c1-4-8-19-13-9-12(17-11-18-13)16-10-14(2,3)6-5-7-15/h9,11H,4-8,10,15H2,1-3H3,(H,16,17,18). The smallest absolute Gasteiger partial charge is 0.218 e. The summed E-state index contributed by atoms with van der Waals surface area (Å²) in [6.45, 7) is 8.80. The van der Waals surface area contributed by atoms with E-state index in [1.165, 1.54) is 6.33 Å². The van der Waals surface area contributed by atoms with Gasteiger partial charge < -0.3 is 15.8 Å². The van der Waals surface area contributed by atoms with E-state index in [0.717, 1.165) is 38.2 Å². The molecule has 0 saturated carbocycles. The lowest BCUT2D eigenvalue weighted by atomic mass is 9.88. The molecule has 5 heteroatoms. The second-order valence-electron chi connectivity index (χ2n) is 5.50. The van der Waals surface area contributed by atoms with Crippen LogP contribution >= 0.6 is 0 Å². The molecule has 0 aliphatic rings. The van der Waals surface area contributed by atoms with Gasteiger partial charge in [0.15, 0.2) is 0 Å². The maximum absolute atomic E-state index is 5.55. The molecule has 0 unspecified atom stereocenters. The third-order valence-corrected chi connectivity index (χ3v) is 2.90. The fraction of sp³-hybridized carbons (Fsp3) is 0.714. The highest BCUT2D eigenvalue weighted by atomic mass is 16.5. The van der Waals surface area contributed by atoms with E-state index in [1.807, 2.05) is 6.07 Å². The van der Waals surface area contributed by atoms with E-state index >= 15 is 0 Å². The molecule has 0 atom stereocenters. The first-order valence-electron chi connectivity index (χ1n) is 6.96. The van der Waals surface area contributed by atoms with Crippen LogP contribution in [0.4, 0.5) is 5.82 Å². The predicted molar refractivity (Wildman–Crippen MR) is 78.4 cm³/mol. The van der Waals surface area contributed by atoms with E-state index in [9.17, 15) is 0 Å². The van der Waals surface area contributed by atoms with Crippen LogP contribution in [0.5, 0.6) is 5.88 Å². The summed E-state index contributed by atoms with van der Waals surface area (Å²) in [6.07, 6.45) is 4.64. The Morgan fingerprint density at radius 2 is 2.16 bits per heavy atom. The Balaban J connectivity index is 2.48. The van der Waals surface area contributed by atoms with Crippen molar-refractivity contribution in [2.75, 3.05) is 25.0 Å². The lowest BCUT2D eigenvalue weighted by molar-refractivity contribution is 0.304. The van der Waals surface area contributed by atoms with Gasteiger partial charge in [-0.2, -0.15) is 0 Å². The van der Waals surface area contributed by atoms with Gasteiger partial charge in [0.1, 0.15) is 12.1 Å². The molecule has 3 N–H and O–H groups in total. The molecule has 1 aromatic rings. The molecule has 0 aliphatic carbocycles. The maximum Gasteiger partial charge on any atom is 0.218 e. The van der Waals surface area contributed by atoms with E-state index in [1.54, 1.807) is 0 Å². The molecule has 0 aliphatic heterocycles. The average molecular weight is 266 g/mol. The van der Waals surface area contributed by atoms with Crippen LogP contribution in [0.1, 0.15) is 40.0 Å². The topological polar surface area (TPSA) is 73.1 Å². The highest BCUT2D eigenvalue weighted by Gasteiger charge is 2.17. The Morgan fingerprint density at radius 1 is 1.37 bits per heavy atom. The molecule has 0 saturated heterocycles. The molecule has 1 heterocycles. The van der Waals surface area contributed by atoms with Crippen molar-refractivity contribution in [2.45, 2.75) is 40.0 Å². The molecule has 0 aromatic carbocycles. The van der Waals surface area contributed by atoms with Crippen molar-refractivity contribution in [3.63, 3.8) is 0 Å². The Kier molecular flexibility index (Phi) is 6.56. The molecule has 0 radical (unpaired) electrons. The minimum Gasteiger partial charge on any atom is -0.478 e. The van der Waals surface area contributed by atoms with Crippen LogP contribution in [-0.2, 0) is 0 Å². The number of hydrogen-bond acceptors (Lipinski definition) is 5. The van der Waals surface area contributed by atoms with Gasteiger partial charge in [0.25, 0.3) is 0 Å². The lowest BCUT2D eigenvalue weighted by Gasteiger charge is -2.25. The van der Waals surface area contributed by atoms with Gasteiger partial charge in [-0.3, -0.25) is 0 Å². The van der Waals surface area contributed by atoms with Gasteiger partial charge in [0, 0.05) is 12.6 Å². The summed E-state index contributed by atoms with van der Waals surface area (Å²) in [7, 11) is 0. The van der Waals surface area contributed by atoms with Crippen LogP contribution < -0.4 is 15.8 Å². The van der Waals surface area contributed by atoms with Crippen molar-refractivity contribution in [2.24, 2.45) is 11.1 Å². The number of nitrogens with zero attached hydrogens (tertiary/aromatic N) is 2. The van der Waals surface area contributed by atoms with Crippen molar-refractivity contribution < 1.29 is 4.74 Å². The van der Waals surface area contributed by atoms with Gasteiger partial charge in [0.2, 0.25) is 5.88 Å². The molecular weight excluding hydrogens is 240 g/mol. The van der Waals surface area contributed by atoms with Gasteiger partial charge in [-0.1, -0.05) is 20.8 Å². The van der Waals surface area contributed by atoms with E-state index in [0.29, 0.717) is 12.5 Å². The van der Waals surface area contributed by atoms with Crippen molar-refractivity contribution >= 4 is 5.82 Å². The molecule has 0 fully saturated rings. The van der Waals surface area contributed by atoms with E-state index in [2.05, 4.69) is 36.1 Å². The predicted octanol–water partition coefficient (Wildman–Crippen LogP) is 2.44. The Morgan fingerprint density at radius 3 is 2.84 bits per heavy atom. The highest BCUT2D eigenvalue weighted by molar-refractivity contribution is 5.37. The molecule has 1 aromatic heterocycles. The molecule has 19 heavy (non-hydrogen) atoms. The lowest BCUT2D eigenvalue weighted by Crippen LogP contribution is -2.24. The van der Waals surface area contributed by atoms with Crippen LogP contribution in [0, 0.1) is 5.41 Å². The minimum absolute atomic E-state index is 0.203. The number of nitrogens with two attached hydrogens (primary N) is 1. The summed E-state index contributed by atoms with van der Waals surface area (Å²) < 4.78 is 5.49. The zero-order chi connectivity index (χ0) is 14.1. The van der Waals surface area contributed by atoms with Gasteiger partial charge in [0.05, 0.1) is 6.61 Å². The van der Waals surface area contributed by atoms with E-state index < -0.39 is 0 Å². The normalized spacial score (nSPS) is 11.4. The highest BCUT2D eigenvalue weighted by Crippen LogP contribution is 2.22. The first-order chi connectivity index (χ1) is 9.07. The number of rotatable bonds is 9. The average Bonchev–Trinajstić information content (AvgIpc) is 2.41. The quantitative estimate of drug-likeness (QED) is 0.718. The van der Waals surface area contributed by atoms with Crippen LogP contribution in [0.3, 0.4) is 0 Å². The van der Waals surface area contributed by atoms with Crippen LogP contribution in [0.2, 0.25) is 0 Å². The fourth-order valence-corrected chi connectivity index (χ4v) is 1.72. The zero-order valence-corrected chi connectivity index (χ0v) is 12.3. The van der Waals surface area contributed by atoms with E-state index in [4.69, 9.17) is 10.5 Å². The number of hydrogen-bond donors (Lipinski definition) is 2. The summed E-state index contributed by atoms with van der Waals surface area (Å²) >= 11 is 0. The fourth-order valence-electron chi connectivity index (χ4n) is 1.72. The van der Waals surface area contributed by atoms with Crippen molar-refractivity contribution in [3.8, 4) is 5.88 Å². The first-order valence-corrected chi connectivity index (χ1v) is 6.96. The zero-order valence-electron chi connectivity index (χ0n) is 12.3. The van der Waals surface area contributed by atoms with Crippen molar-refractivity contribution in [3.05, 3.63) is 12.4 Å². The number of anilines is 1. The second kappa shape index (κ2) is 7.94. The Bertz CT molecular complexity index is 368. The summed E-state index contributed by atoms with van der Waals surface area (Å²) in [5.74, 6) is 1.43. The maximum atomic E-state index is 5.55. The van der Waals surface area contributed by atoms with Gasteiger partial charge in [-0.05, 0) is 31.2 Å². The molecule has 0 spiro atoms. The molecule has 108 valence electrons. The summed E-state index contributed by atoms with van der Waals surface area (Å²) in [4.78, 5) is 8.28. The van der Waals surface area contributed by atoms with Crippen LogP contribution in [-0.4, -0.2) is 29.7 Å². The SMILES string of the molecule is CCCOc1cc(NCC(C)(C)CCCN)ncn1. The Hall–Kier alpha value is -1.36. The summed E-state index contributed by atoms with van der Waals surface area (Å²) in [5, 5.41) is 3.34. The summed E-state index contributed by atoms with van der Waals surface area (Å²) in [6, 6.07) is 1.84. The molecule has 1 rings (SSSR count). The number of ether oxygens (including phenoxy) is 1. The first kappa shape index (κ1) is 15.7. The largest absolute Gasteiger partial charge is 0.478 e. The third kappa shape index (κ3) is 6.38. The second-order valence-corrected chi connectivity index (χ2v) is 5.50. The molecular formula is C14H26N4O. The molecule has 0 bridgehead atoms. The van der Waals surface area contributed by atoms with E-state index in [-0.39, 0.29) is 5.41 Å². The van der Waals surface area contributed by atoms with Gasteiger partial charge in [-0.25, -0.2) is 9.97 Å². The molecule has 5 nitrogen and oxygen atoms in total. The Labute approximate surface area is 116 Å². The number of nitrogens with one attached hydrogen (secondary N) is 1. The minimum atomic E-state index is 0.203. The monoisotopic (exact) mass is 266 g/mol. The number of aromatic nitrogens is 2. The third-order valence-electron chi connectivity index (χ3n) is 2.90. The van der Waals surface area contributed by atoms with Crippen molar-refractivity contribution in [1.29, 1.82) is 0 Å². The summed E-state index contributed by atoms with van der Waals surface area (Å²) in [5.41, 5.74) is 5.75. The van der Waals surface area contributed by atoms with Crippen LogP contribution in [0.15, 0.2) is 12.4 Å². The van der Waals surface area contributed by atoms with Gasteiger partial charge in [-0.15, -0.1) is 0 Å². The van der Waals surface area contributed by atoms with Crippen LogP contribution in [0.25, 0.3) is 0 Å².